The number of anilines is 1. The van der Waals surface area contributed by atoms with Crippen LogP contribution in [-0.2, 0) is 21.4 Å². The Morgan fingerprint density at radius 3 is 2.47 bits per heavy atom. The number of amides is 1. The Morgan fingerprint density at radius 1 is 1.17 bits per heavy atom. The normalized spacial score (nSPS) is 12.5. The van der Waals surface area contributed by atoms with E-state index in [9.17, 15) is 18.0 Å². The Balaban J connectivity index is 1.64. The molecule has 0 radical (unpaired) electrons. The number of sulfonamides is 1. The minimum atomic E-state index is -3.96. The summed E-state index contributed by atoms with van der Waals surface area (Å²) in [7, 11) is -3.96. The number of carbonyl (C=O) groups is 1. The molecule has 0 aliphatic rings. The van der Waals surface area contributed by atoms with Crippen molar-refractivity contribution >= 4 is 21.6 Å². The number of nitrogens with zero attached hydrogens (tertiary/aromatic N) is 2. The van der Waals surface area contributed by atoms with Crippen LogP contribution in [0.15, 0.2) is 62.9 Å². The molecule has 2 heterocycles. The smallest absolute Gasteiger partial charge is 0.250 e. The van der Waals surface area contributed by atoms with Crippen molar-refractivity contribution in [3.05, 3.63) is 76.0 Å². The lowest BCUT2D eigenvalue weighted by Crippen LogP contribution is -2.41. The number of hydrogen-bond donors (Lipinski definition) is 2. The number of hydrogen-bond acceptors (Lipinski definition) is 6. The fraction of sp³-hybridized carbons (Fsp3) is 0.250. The Bertz CT molecular complexity index is 1190. The third-order valence-electron chi connectivity index (χ3n) is 4.44. The minimum Gasteiger partial charge on any atom is -0.360 e. The van der Waals surface area contributed by atoms with Gasteiger partial charge in [-0.05, 0) is 44.5 Å². The Labute approximate surface area is 173 Å². The van der Waals surface area contributed by atoms with Crippen molar-refractivity contribution in [2.75, 3.05) is 5.32 Å². The third kappa shape index (κ3) is 4.84. The summed E-state index contributed by atoms with van der Waals surface area (Å²) in [5, 5.41) is 6.30. The first kappa shape index (κ1) is 21.5. The van der Waals surface area contributed by atoms with Crippen LogP contribution in [0.2, 0.25) is 0 Å². The van der Waals surface area contributed by atoms with Crippen molar-refractivity contribution in [1.29, 1.82) is 0 Å². The molecule has 0 bridgehead atoms. The summed E-state index contributed by atoms with van der Waals surface area (Å²) in [4.78, 5) is 24.2. The SMILES string of the molecule is Cc1noc(C)c1S(=O)(=O)N[C@@H](C)C(=O)Nc1ccc(Cn2ccccc2=O)cc1. The minimum absolute atomic E-state index is 0.0670. The van der Waals surface area contributed by atoms with Crippen LogP contribution >= 0.6 is 0 Å². The highest BCUT2D eigenvalue weighted by atomic mass is 32.2. The zero-order chi connectivity index (χ0) is 21.9. The van der Waals surface area contributed by atoms with Gasteiger partial charge in [0.05, 0.1) is 12.6 Å². The number of pyridine rings is 1. The molecule has 2 N–H and O–H groups in total. The number of benzene rings is 1. The monoisotopic (exact) mass is 430 g/mol. The molecule has 0 fully saturated rings. The molecule has 0 aliphatic heterocycles. The summed E-state index contributed by atoms with van der Waals surface area (Å²) in [5.41, 5.74) is 1.51. The molecule has 0 unspecified atom stereocenters. The Hall–Kier alpha value is -3.24. The van der Waals surface area contributed by atoms with Gasteiger partial charge in [0.2, 0.25) is 15.9 Å². The van der Waals surface area contributed by atoms with E-state index in [1.807, 2.05) is 0 Å². The van der Waals surface area contributed by atoms with Gasteiger partial charge in [0, 0.05) is 18.0 Å². The van der Waals surface area contributed by atoms with Crippen LogP contribution in [0, 0.1) is 13.8 Å². The predicted molar refractivity (Wildman–Crippen MR) is 111 cm³/mol. The van der Waals surface area contributed by atoms with Crippen LogP contribution in [0.5, 0.6) is 0 Å². The summed E-state index contributed by atoms with van der Waals surface area (Å²) in [6.45, 7) is 4.86. The topological polar surface area (TPSA) is 123 Å². The molecule has 2 aromatic heterocycles. The highest BCUT2D eigenvalue weighted by Crippen LogP contribution is 2.19. The van der Waals surface area contributed by atoms with Gasteiger partial charge in [-0.25, -0.2) is 8.42 Å². The van der Waals surface area contributed by atoms with E-state index in [1.165, 1.54) is 26.8 Å². The van der Waals surface area contributed by atoms with Gasteiger partial charge in [-0.2, -0.15) is 4.72 Å². The zero-order valence-corrected chi connectivity index (χ0v) is 17.6. The van der Waals surface area contributed by atoms with Gasteiger partial charge in [-0.1, -0.05) is 23.4 Å². The maximum absolute atomic E-state index is 12.5. The third-order valence-corrected chi connectivity index (χ3v) is 6.22. The first-order valence-electron chi connectivity index (χ1n) is 9.18. The maximum atomic E-state index is 12.5. The van der Waals surface area contributed by atoms with Crippen LogP contribution in [0.4, 0.5) is 5.69 Å². The first-order chi connectivity index (χ1) is 14.2. The van der Waals surface area contributed by atoms with Crippen molar-refractivity contribution in [3.63, 3.8) is 0 Å². The van der Waals surface area contributed by atoms with Crippen LogP contribution < -0.4 is 15.6 Å². The van der Waals surface area contributed by atoms with Gasteiger partial charge in [0.25, 0.3) is 5.56 Å². The highest BCUT2D eigenvalue weighted by Gasteiger charge is 2.28. The zero-order valence-electron chi connectivity index (χ0n) is 16.7. The maximum Gasteiger partial charge on any atom is 0.250 e. The van der Waals surface area contributed by atoms with Crippen molar-refractivity contribution < 1.29 is 17.7 Å². The molecule has 3 aromatic rings. The largest absolute Gasteiger partial charge is 0.360 e. The van der Waals surface area contributed by atoms with Crippen molar-refractivity contribution in [3.8, 4) is 0 Å². The summed E-state index contributed by atoms with van der Waals surface area (Å²) in [5.74, 6) is -0.363. The number of nitrogens with one attached hydrogen (secondary N) is 2. The average molecular weight is 430 g/mol. The lowest BCUT2D eigenvalue weighted by molar-refractivity contribution is -0.117. The number of aryl methyl sites for hydroxylation is 2. The molecule has 1 amide bonds. The summed E-state index contributed by atoms with van der Waals surface area (Å²) >= 11 is 0. The van der Waals surface area contributed by atoms with E-state index in [2.05, 4.69) is 15.2 Å². The molecule has 0 aliphatic carbocycles. The van der Waals surface area contributed by atoms with Crippen molar-refractivity contribution in [1.82, 2.24) is 14.4 Å². The summed E-state index contributed by atoms with van der Waals surface area (Å²) in [6.07, 6.45) is 1.70. The van der Waals surface area contributed by atoms with Gasteiger partial charge in [-0.3, -0.25) is 9.59 Å². The lowest BCUT2D eigenvalue weighted by atomic mass is 10.2. The molecule has 0 saturated carbocycles. The van der Waals surface area contributed by atoms with Gasteiger partial charge >= 0.3 is 0 Å². The molecule has 30 heavy (non-hydrogen) atoms. The van der Waals surface area contributed by atoms with Gasteiger partial charge in [0.15, 0.2) is 5.76 Å². The Morgan fingerprint density at radius 2 is 1.87 bits per heavy atom. The highest BCUT2D eigenvalue weighted by molar-refractivity contribution is 7.89. The second kappa shape index (κ2) is 8.64. The number of aromatic nitrogens is 2. The molecule has 3 rings (SSSR count). The van der Waals surface area contributed by atoms with E-state index >= 15 is 0 Å². The van der Waals surface area contributed by atoms with Crippen molar-refractivity contribution in [2.45, 2.75) is 38.3 Å². The molecule has 9 nitrogen and oxygen atoms in total. The summed E-state index contributed by atoms with van der Waals surface area (Å²) < 4.78 is 33.8. The molecule has 0 spiro atoms. The molecule has 1 atom stereocenters. The second-order valence-electron chi connectivity index (χ2n) is 6.85. The number of rotatable bonds is 7. The van der Waals surface area contributed by atoms with Crippen LogP contribution in [-0.4, -0.2) is 30.1 Å². The van der Waals surface area contributed by atoms with Crippen molar-refractivity contribution in [2.24, 2.45) is 0 Å². The van der Waals surface area contributed by atoms with E-state index in [1.54, 1.807) is 47.2 Å². The van der Waals surface area contributed by atoms with Crippen LogP contribution in [0.25, 0.3) is 0 Å². The molecular weight excluding hydrogens is 408 g/mol. The van der Waals surface area contributed by atoms with E-state index in [0.29, 0.717) is 12.2 Å². The molecule has 0 saturated heterocycles. The van der Waals surface area contributed by atoms with Crippen LogP contribution in [0.1, 0.15) is 23.9 Å². The standard InChI is InChI=1S/C20H22N4O5S/c1-13-19(15(3)29-22-13)30(27,28)23-14(2)20(26)21-17-9-7-16(8-10-17)12-24-11-5-4-6-18(24)25/h4-11,14,23H,12H2,1-3H3,(H,21,26)/t14-/m0/s1. The van der Waals surface area contributed by atoms with E-state index in [-0.39, 0.29) is 21.9 Å². The average Bonchev–Trinajstić information content (AvgIpc) is 3.04. The fourth-order valence-electron chi connectivity index (χ4n) is 2.94. The molecule has 10 heteroatoms. The lowest BCUT2D eigenvalue weighted by Gasteiger charge is -2.14. The molecule has 1 aromatic carbocycles. The molecular formula is C20H22N4O5S. The van der Waals surface area contributed by atoms with E-state index in [4.69, 9.17) is 4.52 Å². The predicted octanol–water partition coefficient (Wildman–Crippen LogP) is 1.81. The quantitative estimate of drug-likeness (QED) is 0.589. The van der Waals surface area contributed by atoms with Crippen LogP contribution in [0.3, 0.4) is 0 Å². The van der Waals surface area contributed by atoms with Gasteiger partial charge < -0.3 is 14.4 Å². The van der Waals surface area contributed by atoms with E-state index < -0.39 is 22.0 Å². The van der Waals surface area contributed by atoms with Gasteiger partial charge in [0.1, 0.15) is 10.6 Å². The summed E-state index contributed by atoms with van der Waals surface area (Å²) in [6, 6.07) is 10.9. The van der Waals surface area contributed by atoms with E-state index in [0.717, 1.165) is 5.56 Å². The fourth-order valence-corrected chi connectivity index (χ4v) is 4.47. The first-order valence-corrected chi connectivity index (χ1v) is 10.7. The second-order valence-corrected chi connectivity index (χ2v) is 8.50. The molecule has 158 valence electrons. The Kier molecular flexibility index (Phi) is 6.18. The number of carbonyl (C=O) groups excluding carboxylic acids is 1. The van der Waals surface area contributed by atoms with Gasteiger partial charge in [-0.15, -0.1) is 0 Å².